The molecule has 3 aromatic rings. The predicted octanol–water partition coefficient (Wildman–Crippen LogP) is 6.15. The second kappa shape index (κ2) is 11.3. The van der Waals surface area contributed by atoms with Gasteiger partial charge in [0.1, 0.15) is 11.0 Å². The molecule has 2 aromatic carbocycles. The third-order valence-corrected chi connectivity index (χ3v) is 7.54. The van der Waals surface area contributed by atoms with Gasteiger partial charge in [-0.15, -0.1) is 10.2 Å². The number of carbonyl (C=O) groups is 1. The molecule has 6 nitrogen and oxygen atoms in total. The van der Waals surface area contributed by atoms with Crippen LogP contribution in [-0.2, 0) is 4.79 Å². The molecule has 8 heteroatoms. The zero-order chi connectivity index (χ0) is 22.2. The van der Waals surface area contributed by atoms with Gasteiger partial charge in [-0.25, -0.2) is 0 Å². The fraction of sp³-hybridized carbons (Fsp3) is 0.375. The molecule has 0 aliphatic heterocycles. The van der Waals surface area contributed by atoms with Crippen molar-refractivity contribution in [3.63, 3.8) is 0 Å². The van der Waals surface area contributed by atoms with Gasteiger partial charge in [0.2, 0.25) is 11.0 Å². The van der Waals surface area contributed by atoms with E-state index in [0.29, 0.717) is 24.1 Å². The van der Waals surface area contributed by atoms with Crippen LogP contribution < -0.4 is 15.4 Å². The van der Waals surface area contributed by atoms with Gasteiger partial charge in [0.15, 0.2) is 4.34 Å². The molecule has 2 N–H and O–H groups in total. The standard InChI is InChI=1S/C24H28N4O2S2/c1-2-30-20-16-10-9-15-19(20)26-22(29)21(17-11-5-3-6-12-17)31-24-28-27-23(32-24)25-18-13-7-4-8-14-18/h3,5-6,9-12,15-16,18,21H,2,4,7-8,13-14H2,1H3,(H,25,27)(H,26,29). The molecule has 0 bridgehead atoms. The minimum Gasteiger partial charge on any atom is -0.492 e. The van der Waals surface area contributed by atoms with Gasteiger partial charge in [-0.2, -0.15) is 0 Å². The van der Waals surface area contributed by atoms with E-state index < -0.39 is 5.25 Å². The molecule has 0 radical (unpaired) electrons. The minimum atomic E-state index is -0.457. The summed E-state index contributed by atoms with van der Waals surface area (Å²) in [4.78, 5) is 13.4. The molecule has 32 heavy (non-hydrogen) atoms. The normalized spacial score (nSPS) is 15.2. The van der Waals surface area contributed by atoms with Crippen LogP contribution in [0.15, 0.2) is 58.9 Å². The number of rotatable bonds is 9. The van der Waals surface area contributed by atoms with Crippen LogP contribution in [0.1, 0.15) is 49.8 Å². The number of amides is 1. The minimum absolute atomic E-state index is 0.120. The van der Waals surface area contributed by atoms with Gasteiger partial charge in [-0.05, 0) is 37.5 Å². The highest BCUT2D eigenvalue weighted by molar-refractivity contribution is 8.02. The molecule has 1 saturated carbocycles. The van der Waals surface area contributed by atoms with Crippen molar-refractivity contribution < 1.29 is 9.53 Å². The number of carbonyl (C=O) groups excluding carboxylic acids is 1. The van der Waals surface area contributed by atoms with Crippen LogP contribution in [0, 0.1) is 0 Å². The van der Waals surface area contributed by atoms with Crippen molar-refractivity contribution in [3.05, 3.63) is 60.2 Å². The first-order chi connectivity index (χ1) is 15.7. The average Bonchev–Trinajstić information content (AvgIpc) is 3.27. The average molecular weight is 469 g/mol. The summed E-state index contributed by atoms with van der Waals surface area (Å²) in [5.41, 5.74) is 1.58. The van der Waals surface area contributed by atoms with Crippen molar-refractivity contribution in [1.82, 2.24) is 10.2 Å². The fourth-order valence-corrected chi connectivity index (χ4v) is 5.81. The Morgan fingerprint density at radius 1 is 1.09 bits per heavy atom. The Morgan fingerprint density at radius 3 is 2.62 bits per heavy atom. The van der Waals surface area contributed by atoms with E-state index in [4.69, 9.17) is 4.74 Å². The van der Waals surface area contributed by atoms with E-state index in [9.17, 15) is 4.79 Å². The van der Waals surface area contributed by atoms with Crippen LogP contribution in [0.4, 0.5) is 10.8 Å². The molecule has 168 valence electrons. The summed E-state index contributed by atoms with van der Waals surface area (Å²) in [7, 11) is 0. The van der Waals surface area contributed by atoms with Crippen LogP contribution in [0.2, 0.25) is 0 Å². The van der Waals surface area contributed by atoms with E-state index in [2.05, 4.69) is 20.8 Å². The molecular formula is C24H28N4O2S2. The second-order valence-corrected chi connectivity index (χ2v) is 10.0. The summed E-state index contributed by atoms with van der Waals surface area (Å²) in [6.45, 7) is 2.46. The maximum absolute atomic E-state index is 13.4. The van der Waals surface area contributed by atoms with Crippen LogP contribution in [0.5, 0.6) is 5.75 Å². The van der Waals surface area contributed by atoms with Crippen LogP contribution in [-0.4, -0.2) is 28.8 Å². The maximum atomic E-state index is 13.4. The van der Waals surface area contributed by atoms with E-state index in [1.165, 1.54) is 55.2 Å². The molecule has 1 fully saturated rings. The number of hydrogen-bond donors (Lipinski definition) is 2. The zero-order valence-corrected chi connectivity index (χ0v) is 19.8. The first kappa shape index (κ1) is 22.6. The maximum Gasteiger partial charge on any atom is 0.242 e. The molecule has 0 saturated heterocycles. The molecular weight excluding hydrogens is 440 g/mol. The Labute approximate surface area is 197 Å². The molecule has 1 amide bonds. The Kier molecular flexibility index (Phi) is 8.01. The second-order valence-electron chi connectivity index (χ2n) is 7.68. The van der Waals surface area contributed by atoms with E-state index in [1.807, 2.05) is 61.5 Å². The summed E-state index contributed by atoms with van der Waals surface area (Å²) in [6.07, 6.45) is 6.19. The molecule has 0 spiro atoms. The van der Waals surface area contributed by atoms with Gasteiger partial charge in [0.25, 0.3) is 0 Å². The van der Waals surface area contributed by atoms with E-state index >= 15 is 0 Å². The Balaban J connectivity index is 1.50. The van der Waals surface area contributed by atoms with Crippen LogP contribution >= 0.6 is 23.1 Å². The summed E-state index contributed by atoms with van der Waals surface area (Å²) >= 11 is 2.93. The smallest absolute Gasteiger partial charge is 0.242 e. The van der Waals surface area contributed by atoms with Crippen molar-refractivity contribution in [3.8, 4) is 5.75 Å². The number of hydrogen-bond acceptors (Lipinski definition) is 7. The highest BCUT2D eigenvalue weighted by Gasteiger charge is 2.25. The summed E-state index contributed by atoms with van der Waals surface area (Å²) in [5, 5.41) is 15.6. The molecule has 1 aliphatic rings. The third kappa shape index (κ3) is 6.01. The lowest BCUT2D eigenvalue weighted by Crippen LogP contribution is -2.21. The van der Waals surface area contributed by atoms with Gasteiger partial charge < -0.3 is 15.4 Å². The van der Waals surface area contributed by atoms with Crippen molar-refractivity contribution in [2.75, 3.05) is 17.2 Å². The zero-order valence-electron chi connectivity index (χ0n) is 18.1. The Bertz CT molecular complexity index is 1010. The first-order valence-corrected chi connectivity index (χ1v) is 12.8. The van der Waals surface area contributed by atoms with Gasteiger partial charge in [-0.3, -0.25) is 4.79 Å². The first-order valence-electron chi connectivity index (χ1n) is 11.1. The molecule has 1 aromatic heterocycles. The highest BCUT2D eigenvalue weighted by atomic mass is 32.2. The van der Waals surface area contributed by atoms with Gasteiger partial charge in [-0.1, -0.05) is 84.8 Å². The predicted molar refractivity (Wildman–Crippen MR) is 132 cm³/mol. The van der Waals surface area contributed by atoms with Crippen LogP contribution in [0.3, 0.4) is 0 Å². The quantitative estimate of drug-likeness (QED) is 0.367. The topological polar surface area (TPSA) is 76.1 Å². The summed E-state index contributed by atoms with van der Waals surface area (Å²) in [5.74, 6) is 0.542. The van der Waals surface area contributed by atoms with Crippen molar-refractivity contribution in [2.45, 2.75) is 54.7 Å². The fourth-order valence-electron chi connectivity index (χ4n) is 3.79. The Morgan fingerprint density at radius 2 is 1.84 bits per heavy atom. The van der Waals surface area contributed by atoms with Crippen molar-refractivity contribution >= 4 is 39.8 Å². The van der Waals surface area contributed by atoms with Gasteiger partial charge in [0, 0.05) is 6.04 Å². The molecule has 1 heterocycles. The van der Waals surface area contributed by atoms with Gasteiger partial charge in [0.05, 0.1) is 12.3 Å². The third-order valence-electron chi connectivity index (χ3n) is 5.34. The number of ether oxygens (including phenoxy) is 1. The number of nitrogens with one attached hydrogen (secondary N) is 2. The number of aromatic nitrogens is 2. The van der Waals surface area contributed by atoms with Crippen molar-refractivity contribution in [2.24, 2.45) is 0 Å². The highest BCUT2D eigenvalue weighted by Crippen LogP contribution is 2.39. The van der Waals surface area contributed by atoms with Crippen LogP contribution in [0.25, 0.3) is 0 Å². The monoisotopic (exact) mass is 468 g/mol. The number of anilines is 2. The Hall–Kier alpha value is -2.58. The van der Waals surface area contributed by atoms with E-state index in [1.54, 1.807) is 0 Å². The van der Waals surface area contributed by atoms with E-state index in [0.717, 1.165) is 15.0 Å². The lowest BCUT2D eigenvalue weighted by Gasteiger charge is -2.21. The number of benzene rings is 2. The summed E-state index contributed by atoms with van der Waals surface area (Å²) in [6, 6.07) is 17.7. The lowest BCUT2D eigenvalue weighted by molar-refractivity contribution is -0.115. The summed E-state index contributed by atoms with van der Waals surface area (Å²) < 4.78 is 6.44. The molecule has 4 rings (SSSR count). The molecule has 1 aliphatic carbocycles. The largest absolute Gasteiger partial charge is 0.492 e. The number of thioether (sulfide) groups is 1. The lowest BCUT2D eigenvalue weighted by atomic mass is 9.96. The molecule has 1 atom stereocenters. The van der Waals surface area contributed by atoms with Crippen molar-refractivity contribution in [1.29, 1.82) is 0 Å². The van der Waals surface area contributed by atoms with Gasteiger partial charge >= 0.3 is 0 Å². The number of nitrogens with zero attached hydrogens (tertiary/aromatic N) is 2. The van der Waals surface area contributed by atoms with E-state index in [-0.39, 0.29) is 5.91 Å². The molecule has 1 unspecified atom stereocenters. The number of para-hydroxylation sites is 2. The SMILES string of the molecule is CCOc1ccccc1NC(=O)C(Sc1nnc(NC2CCCCC2)s1)c1ccccc1.